The Hall–Kier alpha value is -5.63. The maximum atomic E-state index is 14.1. The fourth-order valence-electron chi connectivity index (χ4n) is 7.25. The predicted molar refractivity (Wildman–Crippen MR) is 261 cm³/mol. The van der Waals surface area contributed by atoms with Crippen LogP contribution in [0.5, 0.6) is 0 Å². The van der Waals surface area contributed by atoms with E-state index in [9.17, 15) is 53.4 Å². The van der Waals surface area contributed by atoms with Gasteiger partial charge in [-0.3, -0.25) is 38.4 Å². The Labute approximate surface area is 408 Å². The summed E-state index contributed by atoms with van der Waals surface area (Å²) < 4.78 is 0. The van der Waals surface area contributed by atoms with Gasteiger partial charge in [-0.05, 0) is 73.7 Å². The van der Waals surface area contributed by atoms with Gasteiger partial charge in [-0.25, -0.2) is 4.79 Å². The van der Waals surface area contributed by atoms with Crippen molar-refractivity contribution in [3.63, 3.8) is 0 Å². The number of aliphatic hydroxyl groups excluding tert-OH is 1. The summed E-state index contributed by atoms with van der Waals surface area (Å²) in [6, 6.07) is -1.55. The van der Waals surface area contributed by atoms with E-state index in [-0.39, 0.29) is 43.4 Å². The van der Waals surface area contributed by atoms with Gasteiger partial charge >= 0.3 is 5.97 Å². The summed E-state index contributed by atoms with van der Waals surface area (Å²) in [6.07, 6.45) is 1.20. The first kappa shape index (κ1) is 61.4. The highest BCUT2D eigenvalue weighted by atomic mass is 16.4. The molecule has 390 valence electrons. The maximum Gasteiger partial charge on any atom is 0.326 e. The summed E-state index contributed by atoms with van der Waals surface area (Å²) in [4.78, 5) is 120. The molecule has 20 heteroatoms. The van der Waals surface area contributed by atoms with Crippen LogP contribution in [0.25, 0.3) is 0 Å². The van der Waals surface area contributed by atoms with Crippen molar-refractivity contribution in [2.75, 3.05) is 6.61 Å². The Morgan fingerprint density at radius 1 is 0.478 bits per heavy atom. The molecule has 0 unspecified atom stereocenters. The number of nitrogens with one attached hydrogen (secondary N) is 8. The van der Waals surface area contributed by atoms with E-state index in [2.05, 4.69) is 42.5 Å². The summed E-state index contributed by atoms with van der Waals surface area (Å²) in [5.41, 5.74) is 7.08. The van der Waals surface area contributed by atoms with Gasteiger partial charge in [0.1, 0.15) is 48.3 Å². The lowest BCUT2D eigenvalue weighted by atomic mass is 9.95. The van der Waals surface area contributed by atoms with Crippen molar-refractivity contribution in [2.24, 2.45) is 41.2 Å². The molecule has 0 saturated carbocycles. The van der Waals surface area contributed by atoms with E-state index in [4.69, 9.17) is 5.73 Å². The van der Waals surface area contributed by atoms with E-state index in [0.717, 1.165) is 5.56 Å². The Balaban J connectivity index is 3.21. The van der Waals surface area contributed by atoms with Crippen LogP contribution in [0.1, 0.15) is 121 Å². The zero-order chi connectivity index (χ0) is 52.9. The van der Waals surface area contributed by atoms with Crippen LogP contribution in [0.15, 0.2) is 30.3 Å². The van der Waals surface area contributed by atoms with Gasteiger partial charge < -0.3 is 58.5 Å². The average molecular weight is 974 g/mol. The molecule has 20 nitrogen and oxygen atoms in total. The molecule has 10 atom stereocenters. The minimum atomic E-state index is -1.59. The number of carbonyl (C=O) groups is 9. The molecular weight excluding hydrogens is 891 g/mol. The van der Waals surface area contributed by atoms with Crippen molar-refractivity contribution in [1.29, 1.82) is 0 Å². The number of carboxylic acids is 1. The molecule has 1 aromatic rings. The maximum absolute atomic E-state index is 14.1. The number of benzene rings is 1. The second-order valence-electron chi connectivity index (χ2n) is 20.0. The van der Waals surface area contributed by atoms with Crippen molar-refractivity contribution < 1.29 is 53.4 Å². The molecule has 12 N–H and O–H groups in total. The minimum absolute atomic E-state index is 0.0232. The third-order valence-electron chi connectivity index (χ3n) is 11.5. The van der Waals surface area contributed by atoms with Crippen molar-refractivity contribution in [2.45, 2.75) is 176 Å². The van der Waals surface area contributed by atoms with Gasteiger partial charge in [0.25, 0.3) is 0 Å². The van der Waals surface area contributed by atoms with Gasteiger partial charge in [0.15, 0.2) is 0 Å². The molecule has 0 aliphatic carbocycles. The number of carbonyl (C=O) groups excluding carboxylic acids is 8. The van der Waals surface area contributed by atoms with Gasteiger partial charge in [0, 0.05) is 0 Å². The normalized spacial score (nSPS) is 15.9. The van der Waals surface area contributed by atoms with E-state index >= 15 is 0 Å². The second kappa shape index (κ2) is 30.1. The lowest BCUT2D eigenvalue weighted by molar-refractivity contribution is -0.142. The van der Waals surface area contributed by atoms with Crippen LogP contribution >= 0.6 is 0 Å². The van der Waals surface area contributed by atoms with Gasteiger partial charge in [0.05, 0.1) is 12.6 Å². The first-order valence-corrected chi connectivity index (χ1v) is 24.2. The highest BCUT2D eigenvalue weighted by molar-refractivity contribution is 5.98. The van der Waals surface area contributed by atoms with Crippen LogP contribution in [0, 0.1) is 35.5 Å². The molecule has 0 bridgehead atoms. The lowest BCUT2D eigenvalue weighted by Crippen LogP contribution is -2.62. The van der Waals surface area contributed by atoms with Crippen molar-refractivity contribution in [1.82, 2.24) is 42.5 Å². The van der Waals surface area contributed by atoms with Crippen LogP contribution in [-0.2, 0) is 49.6 Å². The summed E-state index contributed by atoms with van der Waals surface area (Å²) in [7, 11) is 0. The van der Waals surface area contributed by atoms with Gasteiger partial charge in [-0.2, -0.15) is 0 Å². The van der Waals surface area contributed by atoms with E-state index in [1.807, 2.05) is 51.1 Å². The third kappa shape index (κ3) is 21.7. The Bertz CT molecular complexity index is 1860. The molecule has 1 aromatic carbocycles. The van der Waals surface area contributed by atoms with E-state index in [0.29, 0.717) is 6.42 Å². The zero-order valence-electron chi connectivity index (χ0n) is 42.9. The summed E-state index contributed by atoms with van der Waals surface area (Å²) >= 11 is 0. The third-order valence-corrected chi connectivity index (χ3v) is 11.5. The van der Waals surface area contributed by atoms with Gasteiger partial charge in [0.2, 0.25) is 47.3 Å². The smallest absolute Gasteiger partial charge is 0.326 e. The standard InChI is InChI=1S/C49H83N9O11/c1-14-30(12)40(58-44(63)35(21-26(4)5)52-42(61)33(50)23-32-18-16-15-17-19-32)48(67)57-39(29(10)11)47(66)53-34(20-25(2)3)43(62)55-37(24-59)45(64)56-38(28(8)9)46(65)51-31(13)41(60)54-36(49(68)69)22-27(6)7/h15-19,25-31,33-40,59H,14,20-24,50H2,1-13H3,(H,51,65)(H,52,61)(H,53,66)(H,54,60)(H,55,62)(H,56,64)(H,57,67)(H,58,63)(H,68,69)/t30-,31-,33-,34-,35-,36-,37-,38-,39-,40-/m0/s1. The molecular formula is C49H83N9O11. The molecule has 8 amide bonds. The first-order chi connectivity index (χ1) is 32.1. The minimum Gasteiger partial charge on any atom is -0.480 e. The largest absolute Gasteiger partial charge is 0.480 e. The quantitative estimate of drug-likeness (QED) is 0.0515. The fourth-order valence-corrected chi connectivity index (χ4v) is 7.25. The Morgan fingerprint density at radius 2 is 0.855 bits per heavy atom. The van der Waals surface area contributed by atoms with Crippen molar-refractivity contribution in [3.8, 4) is 0 Å². The molecule has 0 aromatic heterocycles. The highest BCUT2D eigenvalue weighted by Crippen LogP contribution is 2.15. The SMILES string of the molecule is CC[C@H](C)[C@H](NC(=O)[C@H](CC(C)C)NC(=O)[C@@H](N)Cc1ccccc1)C(=O)N[C@H](C(=O)N[C@@H](CC(C)C)C(=O)N[C@@H](CO)C(=O)N[C@H](C(=O)N[C@@H](C)C(=O)N[C@@H](CC(C)C)C(=O)O)C(C)C)C(C)C. The summed E-state index contributed by atoms with van der Waals surface area (Å²) in [6.45, 7) is 21.7. The average Bonchev–Trinajstić information content (AvgIpc) is 3.26. The number of rotatable bonds is 30. The van der Waals surface area contributed by atoms with Crippen LogP contribution < -0.4 is 48.3 Å². The summed E-state index contributed by atoms with van der Waals surface area (Å²) in [5, 5.41) is 40.7. The van der Waals surface area contributed by atoms with Crippen LogP contribution in [-0.4, -0.2) is 124 Å². The molecule has 0 aliphatic rings. The predicted octanol–water partition coefficient (Wildman–Crippen LogP) is 1.03. The lowest BCUT2D eigenvalue weighted by Gasteiger charge is -2.31. The van der Waals surface area contributed by atoms with Gasteiger partial charge in [-0.1, -0.05) is 120 Å². The molecule has 0 radical (unpaired) electrons. The molecule has 0 saturated heterocycles. The number of aliphatic carboxylic acids is 1. The number of nitrogens with two attached hydrogens (primary N) is 1. The van der Waals surface area contributed by atoms with E-state index in [1.165, 1.54) is 6.92 Å². The number of hydrogen-bond acceptors (Lipinski definition) is 11. The number of aliphatic hydroxyl groups is 1. The highest BCUT2D eigenvalue weighted by Gasteiger charge is 2.37. The number of amides is 8. The first-order valence-electron chi connectivity index (χ1n) is 24.2. The zero-order valence-corrected chi connectivity index (χ0v) is 42.9. The summed E-state index contributed by atoms with van der Waals surface area (Å²) in [5.74, 6) is -8.78. The second-order valence-corrected chi connectivity index (χ2v) is 20.0. The number of hydrogen-bond donors (Lipinski definition) is 11. The fraction of sp³-hybridized carbons (Fsp3) is 0.694. The molecule has 0 aliphatic heterocycles. The van der Waals surface area contributed by atoms with E-state index in [1.54, 1.807) is 62.3 Å². The van der Waals surface area contributed by atoms with E-state index < -0.39 is 132 Å². The monoisotopic (exact) mass is 974 g/mol. The Morgan fingerprint density at radius 3 is 1.30 bits per heavy atom. The molecule has 69 heavy (non-hydrogen) atoms. The molecule has 0 fully saturated rings. The molecule has 0 heterocycles. The van der Waals surface area contributed by atoms with Crippen molar-refractivity contribution in [3.05, 3.63) is 35.9 Å². The van der Waals surface area contributed by atoms with Gasteiger partial charge in [-0.15, -0.1) is 0 Å². The topological polar surface area (TPSA) is 316 Å². The number of carboxylic acid groups (broad SMARTS) is 1. The van der Waals surface area contributed by atoms with Crippen LogP contribution in [0.2, 0.25) is 0 Å². The van der Waals surface area contributed by atoms with Crippen LogP contribution in [0.3, 0.4) is 0 Å². The van der Waals surface area contributed by atoms with Crippen molar-refractivity contribution >= 4 is 53.2 Å². The molecule has 0 spiro atoms. The Kier molecular flexibility index (Phi) is 26.8. The molecule has 1 rings (SSSR count). The van der Waals surface area contributed by atoms with Crippen LogP contribution in [0.4, 0.5) is 0 Å².